The van der Waals surface area contributed by atoms with Gasteiger partial charge in [0.05, 0.1) is 11.3 Å². The Morgan fingerprint density at radius 2 is 1.91 bits per heavy atom. The Kier molecular flexibility index (Phi) is 6.06. The van der Waals surface area contributed by atoms with Gasteiger partial charge in [-0.25, -0.2) is 18.6 Å². The van der Waals surface area contributed by atoms with E-state index in [0.29, 0.717) is 29.4 Å². The highest BCUT2D eigenvalue weighted by atomic mass is 32.2. The maximum Gasteiger partial charge on any atom is 0.331 e. The summed E-state index contributed by atoms with van der Waals surface area (Å²) in [5, 5.41) is 3.18. The summed E-state index contributed by atoms with van der Waals surface area (Å²) in [6.07, 6.45) is 1.46. The molecule has 34 heavy (non-hydrogen) atoms. The fraction of sp³-hybridized carbons (Fsp3) is 0.208. The molecule has 174 valence electrons. The van der Waals surface area contributed by atoms with Crippen molar-refractivity contribution in [3.05, 3.63) is 71.9 Å². The topological polar surface area (TPSA) is 74.8 Å². The van der Waals surface area contributed by atoms with Crippen LogP contribution in [0.5, 0.6) is 11.5 Å². The highest BCUT2D eigenvalue weighted by Gasteiger charge is 2.34. The van der Waals surface area contributed by atoms with Gasteiger partial charge in [0, 0.05) is 43.3 Å². The van der Waals surface area contributed by atoms with Crippen molar-refractivity contribution in [2.45, 2.75) is 11.3 Å². The van der Waals surface area contributed by atoms with E-state index >= 15 is 0 Å². The Labute approximate surface area is 198 Å². The van der Waals surface area contributed by atoms with E-state index in [9.17, 15) is 18.4 Å². The quantitative estimate of drug-likeness (QED) is 0.569. The Bertz CT molecular complexity index is 1260. The molecular weight excluding hydrogens is 462 g/mol. The average molecular weight is 483 g/mol. The molecule has 1 fully saturated rings. The Hall–Kier alpha value is -3.66. The van der Waals surface area contributed by atoms with Crippen molar-refractivity contribution in [2.24, 2.45) is 0 Å². The van der Waals surface area contributed by atoms with E-state index in [1.165, 1.54) is 41.3 Å². The van der Waals surface area contributed by atoms with E-state index < -0.39 is 23.6 Å². The fourth-order valence-electron chi connectivity index (χ4n) is 3.85. The number of rotatable bonds is 5. The van der Waals surface area contributed by atoms with Gasteiger partial charge < -0.3 is 10.1 Å². The molecule has 0 spiro atoms. The number of ether oxygens (including phenoxy) is 1. The first-order valence-corrected chi connectivity index (χ1v) is 11.7. The van der Waals surface area contributed by atoms with Crippen LogP contribution < -0.4 is 15.0 Å². The lowest BCUT2D eigenvalue weighted by Gasteiger charge is -2.19. The SMILES string of the molecule is O=C(Cc1ccc(Oc2ccnc3c2SCCN3)c(F)c1)N1CCN(c2ccc(F)cc2)C1=O. The molecule has 0 aliphatic carbocycles. The second-order valence-corrected chi connectivity index (χ2v) is 8.87. The average Bonchev–Trinajstić information content (AvgIpc) is 3.23. The van der Waals surface area contributed by atoms with Crippen LogP contribution in [-0.4, -0.2) is 47.2 Å². The zero-order chi connectivity index (χ0) is 23.7. The second-order valence-electron chi connectivity index (χ2n) is 7.76. The first-order chi connectivity index (χ1) is 16.5. The summed E-state index contributed by atoms with van der Waals surface area (Å²) >= 11 is 1.59. The minimum absolute atomic E-state index is 0.0375. The Morgan fingerprint density at radius 3 is 2.71 bits per heavy atom. The molecule has 2 aromatic carbocycles. The van der Waals surface area contributed by atoms with Gasteiger partial charge in [0.1, 0.15) is 17.4 Å². The maximum absolute atomic E-state index is 14.8. The number of urea groups is 1. The number of anilines is 2. The molecule has 5 rings (SSSR count). The number of amides is 3. The van der Waals surface area contributed by atoms with Crippen LogP contribution >= 0.6 is 11.8 Å². The van der Waals surface area contributed by atoms with Crippen molar-refractivity contribution in [3.63, 3.8) is 0 Å². The zero-order valence-corrected chi connectivity index (χ0v) is 18.8. The number of fused-ring (bicyclic) bond motifs is 1. The van der Waals surface area contributed by atoms with Gasteiger partial charge in [0.15, 0.2) is 11.6 Å². The molecule has 0 unspecified atom stereocenters. The van der Waals surface area contributed by atoms with E-state index in [0.717, 1.165) is 22.1 Å². The summed E-state index contributed by atoms with van der Waals surface area (Å²) in [6.45, 7) is 1.31. The predicted octanol–water partition coefficient (Wildman–Crippen LogP) is 4.68. The van der Waals surface area contributed by atoms with Crippen molar-refractivity contribution in [1.29, 1.82) is 0 Å². The second kappa shape index (κ2) is 9.30. The van der Waals surface area contributed by atoms with Gasteiger partial charge in [0.25, 0.3) is 0 Å². The molecule has 0 radical (unpaired) electrons. The highest BCUT2D eigenvalue weighted by molar-refractivity contribution is 7.99. The van der Waals surface area contributed by atoms with Gasteiger partial charge in [-0.15, -0.1) is 11.8 Å². The number of carbonyl (C=O) groups is 2. The molecule has 3 aromatic rings. The number of aromatic nitrogens is 1. The molecule has 2 aliphatic rings. The van der Waals surface area contributed by atoms with Crippen LogP contribution in [0, 0.1) is 11.6 Å². The third-order valence-electron chi connectivity index (χ3n) is 5.53. The van der Waals surface area contributed by atoms with E-state index in [4.69, 9.17) is 4.74 Å². The van der Waals surface area contributed by atoms with E-state index in [1.54, 1.807) is 30.1 Å². The predicted molar refractivity (Wildman–Crippen MR) is 124 cm³/mol. The summed E-state index contributed by atoms with van der Waals surface area (Å²) in [5.74, 6) is 0.660. The van der Waals surface area contributed by atoms with Gasteiger partial charge in [-0.1, -0.05) is 6.07 Å². The molecule has 7 nitrogen and oxygen atoms in total. The summed E-state index contributed by atoms with van der Waals surface area (Å²) in [5.41, 5.74) is 0.941. The summed E-state index contributed by atoms with van der Waals surface area (Å²) in [6, 6.07) is 11.0. The number of hydrogen-bond donors (Lipinski definition) is 1. The van der Waals surface area contributed by atoms with Crippen molar-refractivity contribution < 1.29 is 23.1 Å². The number of thioether (sulfide) groups is 1. The lowest BCUT2D eigenvalue weighted by atomic mass is 10.1. The Balaban J connectivity index is 1.26. The smallest absolute Gasteiger partial charge is 0.331 e. The van der Waals surface area contributed by atoms with Crippen LogP contribution in [0.1, 0.15) is 5.56 Å². The van der Waals surface area contributed by atoms with Gasteiger partial charge in [0.2, 0.25) is 5.91 Å². The van der Waals surface area contributed by atoms with E-state index in [1.807, 2.05) is 0 Å². The molecule has 0 bridgehead atoms. The van der Waals surface area contributed by atoms with Gasteiger partial charge in [-0.3, -0.25) is 14.6 Å². The summed E-state index contributed by atoms with van der Waals surface area (Å²) in [7, 11) is 0. The molecule has 1 saturated heterocycles. The minimum atomic E-state index is -0.606. The third kappa shape index (κ3) is 4.41. The first kappa shape index (κ1) is 22.1. The number of pyridine rings is 1. The molecular formula is C24H20F2N4O3S. The van der Waals surface area contributed by atoms with E-state index in [2.05, 4.69) is 10.3 Å². The number of carbonyl (C=O) groups excluding carboxylic acids is 2. The van der Waals surface area contributed by atoms with Crippen LogP contribution in [0.15, 0.2) is 59.6 Å². The van der Waals surface area contributed by atoms with Gasteiger partial charge >= 0.3 is 6.03 Å². The van der Waals surface area contributed by atoms with Crippen molar-refractivity contribution in [2.75, 3.05) is 35.6 Å². The number of hydrogen-bond acceptors (Lipinski definition) is 6. The summed E-state index contributed by atoms with van der Waals surface area (Å²) < 4.78 is 33.8. The number of imide groups is 1. The number of nitrogens with zero attached hydrogens (tertiary/aromatic N) is 3. The monoisotopic (exact) mass is 482 g/mol. The van der Waals surface area contributed by atoms with Crippen molar-refractivity contribution in [1.82, 2.24) is 9.88 Å². The van der Waals surface area contributed by atoms with Gasteiger partial charge in [-0.05, 0) is 42.0 Å². The number of halogens is 2. The molecule has 2 aliphatic heterocycles. The molecule has 1 N–H and O–H groups in total. The highest BCUT2D eigenvalue weighted by Crippen LogP contribution is 2.39. The molecule has 3 heterocycles. The van der Waals surface area contributed by atoms with Crippen LogP contribution in [0.2, 0.25) is 0 Å². The molecule has 3 amide bonds. The van der Waals surface area contributed by atoms with Crippen LogP contribution in [0.25, 0.3) is 0 Å². The van der Waals surface area contributed by atoms with Crippen molar-refractivity contribution in [3.8, 4) is 11.5 Å². The minimum Gasteiger partial charge on any atom is -0.453 e. The van der Waals surface area contributed by atoms with Gasteiger partial charge in [-0.2, -0.15) is 0 Å². The standard InChI is InChI=1S/C24H20F2N4O3S/c25-16-2-4-17(5-3-16)29-10-11-30(24(29)32)21(31)14-15-1-6-19(18(26)13-15)33-20-7-8-27-23-22(20)34-12-9-28-23/h1-8,13H,9-12,14H2,(H,27,28). The molecule has 0 atom stereocenters. The zero-order valence-electron chi connectivity index (χ0n) is 18.0. The molecule has 1 aromatic heterocycles. The van der Waals surface area contributed by atoms with Crippen LogP contribution in [-0.2, 0) is 11.2 Å². The number of benzene rings is 2. The lowest BCUT2D eigenvalue weighted by molar-refractivity contribution is -0.126. The maximum atomic E-state index is 14.8. The fourth-order valence-corrected chi connectivity index (χ4v) is 4.78. The largest absolute Gasteiger partial charge is 0.453 e. The Morgan fingerprint density at radius 1 is 1.09 bits per heavy atom. The van der Waals surface area contributed by atoms with Crippen LogP contribution in [0.4, 0.5) is 25.1 Å². The summed E-state index contributed by atoms with van der Waals surface area (Å²) in [4.78, 5) is 33.1. The lowest BCUT2D eigenvalue weighted by Crippen LogP contribution is -2.37. The third-order valence-corrected chi connectivity index (χ3v) is 6.62. The normalized spacial score (nSPS) is 15.2. The van der Waals surface area contributed by atoms with Crippen LogP contribution in [0.3, 0.4) is 0 Å². The molecule has 0 saturated carbocycles. The van der Waals surface area contributed by atoms with Crippen molar-refractivity contribution >= 4 is 35.2 Å². The van der Waals surface area contributed by atoms with E-state index in [-0.39, 0.29) is 18.7 Å². The number of nitrogens with one attached hydrogen (secondary N) is 1. The molecule has 10 heteroatoms. The first-order valence-electron chi connectivity index (χ1n) is 10.7.